The maximum Gasteiger partial charge on any atom is 0.435 e. The lowest BCUT2D eigenvalue weighted by Crippen LogP contribution is -2.50. The average Bonchev–Trinajstić information content (AvgIpc) is 2.33. The second-order valence-corrected chi connectivity index (χ2v) is 6.43. The zero-order valence-electron chi connectivity index (χ0n) is 11.0. The average molecular weight is 368 g/mol. The number of hydrogen-bond acceptors (Lipinski definition) is 3. The van der Waals surface area contributed by atoms with Gasteiger partial charge in [0.25, 0.3) is 0 Å². The number of carboxylic acids is 1. The molecule has 0 bridgehead atoms. The Balaban J connectivity index is 3.83. The standard InChI is InChI=1S/C11H7F7O4S/c1-23(21,22)7-4-5(2-3-6(7)8(19)20)9(12,10(13,14)15)11(16,17)18/h2-4H,1H3,(H,19,20). The zero-order valence-corrected chi connectivity index (χ0v) is 11.8. The van der Waals surface area contributed by atoms with Crippen LogP contribution >= 0.6 is 0 Å². The molecule has 0 aromatic heterocycles. The Morgan fingerprint density at radius 1 is 1.00 bits per heavy atom. The quantitative estimate of drug-likeness (QED) is 0.833. The highest BCUT2D eigenvalue weighted by Gasteiger charge is 2.73. The van der Waals surface area contributed by atoms with Gasteiger partial charge in [0.05, 0.1) is 10.5 Å². The monoisotopic (exact) mass is 368 g/mol. The van der Waals surface area contributed by atoms with Crippen LogP contribution in [0.25, 0.3) is 0 Å². The van der Waals surface area contributed by atoms with Gasteiger partial charge in [-0.3, -0.25) is 0 Å². The summed E-state index contributed by atoms with van der Waals surface area (Å²) in [6.07, 6.45) is -12.5. The Morgan fingerprint density at radius 2 is 1.43 bits per heavy atom. The zero-order chi connectivity index (χ0) is 18.4. The van der Waals surface area contributed by atoms with Crippen LogP contribution in [-0.2, 0) is 15.5 Å². The fourth-order valence-electron chi connectivity index (χ4n) is 1.71. The van der Waals surface area contributed by atoms with Crippen molar-refractivity contribution in [2.75, 3.05) is 6.26 Å². The molecule has 4 nitrogen and oxygen atoms in total. The number of aromatic carboxylic acids is 1. The van der Waals surface area contributed by atoms with Crippen LogP contribution < -0.4 is 0 Å². The Hall–Kier alpha value is -1.85. The van der Waals surface area contributed by atoms with E-state index < -0.39 is 49.9 Å². The summed E-state index contributed by atoms with van der Waals surface area (Å²) in [6.45, 7) is 0. The van der Waals surface area contributed by atoms with Crippen molar-refractivity contribution in [1.29, 1.82) is 0 Å². The maximum absolute atomic E-state index is 13.8. The molecule has 0 radical (unpaired) electrons. The molecule has 0 amide bonds. The van der Waals surface area contributed by atoms with Gasteiger partial charge in [-0.1, -0.05) is 6.07 Å². The third-order valence-corrected chi connectivity index (χ3v) is 3.93. The molecule has 1 aromatic rings. The van der Waals surface area contributed by atoms with E-state index in [1.165, 1.54) is 0 Å². The number of rotatable bonds is 3. The van der Waals surface area contributed by atoms with Gasteiger partial charge in [0.1, 0.15) is 0 Å². The van der Waals surface area contributed by atoms with Crippen LogP contribution in [0.2, 0.25) is 0 Å². The molecule has 0 spiro atoms. The van der Waals surface area contributed by atoms with E-state index in [4.69, 9.17) is 5.11 Å². The number of carbonyl (C=O) groups is 1. The molecule has 23 heavy (non-hydrogen) atoms. The molecule has 0 unspecified atom stereocenters. The largest absolute Gasteiger partial charge is 0.478 e. The van der Waals surface area contributed by atoms with Gasteiger partial charge in [-0.05, 0) is 12.1 Å². The van der Waals surface area contributed by atoms with Crippen LogP contribution in [0.3, 0.4) is 0 Å². The summed E-state index contributed by atoms with van der Waals surface area (Å²) < 4.78 is 112. The number of sulfone groups is 1. The van der Waals surface area contributed by atoms with E-state index in [1.54, 1.807) is 0 Å². The normalized spacial score (nSPS) is 13.9. The molecule has 0 aliphatic heterocycles. The highest BCUT2D eigenvalue weighted by molar-refractivity contribution is 7.90. The number of hydrogen-bond donors (Lipinski definition) is 1. The summed E-state index contributed by atoms with van der Waals surface area (Å²) in [5.41, 5.74) is -9.01. The lowest BCUT2D eigenvalue weighted by Gasteiger charge is -2.30. The van der Waals surface area contributed by atoms with E-state index in [0.717, 1.165) is 0 Å². The van der Waals surface area contributed by atoms with Crippen molar-refractivity contribution < 1.29 is 49.1 Å². The van der Waals surface area contributed by atoms with Gasteiger partial charge in [0.2, 0.25) is 0 Å². The number of benzene rings is 1. The molecular weight excluding hydrogens is 361 g/mol. The summed E-state index contributed by atoms with van der Waals surface area (Å²) in [6, 6.07) is -0.182. The Kier molecular flexibility index (Phi) is 4.47. The van der Waals surface area contributed by atoms with E-state index in [2.05, 4.69) is 0 Å². The van der Waals surface area contributed by atoms with Crippen molar-refractivity contribution in [3.05, 3.63) is 29.3 Å². The van der Waals surface area contributed by atoms with Gasteiger partial charge >= 0.3 is 24.0 Å². The van der Waals surface area contributed by atoms with Crippen LogP contribution in [-0.4, -0.2) is 38.1 Å². The van der Waals surface area contributed by atoms with Crippen molar-refractivity contribution >= 4 is 15.8 Å². The Morgan fingerprint density at radius 3 is 1.74 bits per heavy atom. The molecule has 12 heteroatoms. The van der Waals surface area contributed by atoms with Crippen LogP contribution in [0, 0.1) is 0 Å². The first-order valence-corrected chi connectivity index (χ1v) is 7.33. The predicted molar refractivity (Wildman–Crippen MR) is 61.4 cm³/mol. The molecule has 0 aliphatic carbocycles. The predicted octanol–water partition coefficient (Wildman–Crippen LogP) is 3.08. The van der Waals surface area contributed by atoms with Gasteiger partial charge in [0.15, 0.2) is 9.84 Å². The summed E-state index contributed by atoms with van der Waals surface area (Å²) >= 11 is 0. The minimum atomic E-state index is -6.44. The molecule has 130 valence electrons. The Bertz CT molecular complexity index is 720. The van der Waals surface area contributed by atoms with Crippen LogP contribution in [0.4, 0.5) is 30.7 Å². The van der Waals surface area contributed by atoms with Crippen LogP contribution in [0.15, 0.2) is 23.1 Å². The first-order chi connectivity index (χ1) is 10.0. The minimum Gasteiger partial charge on any atom is -0.478 e. The molecule has 0 saturated carbocycles. The van der Waals surface area contributed by atoms with Crippen molar-refractivity contribution in [2.45, 2.75) is 22.9 Å². The van der Waals surface area contributed by atoms with Crippen molar-refractivity contribution in [3.63, 3.8) is 0 Å². The van der Waals surface area contributed by atoms with E-state index in [0.29, 0.717) is 6.26 Å². The summed E-state index contributed by atoms with van der Waals surface area (Å²) in [5, 5.41) is 8.74. The van der Waals surface area contributed by atoms with Crippen LogP contribution in [0.5, 0.6) is 0 Å². The first kappa shape index (κ1) is 19.2. The lowest BCUT2D eigenvalue weighted by atomic mass is 9.93. The molecule has 0 atom stereocenters. The molecule has 0 fully saturated rings. The van der Waals surface area contributed by atoms with E-state index in [9.17, 15) is 43.9 Å². The third kappa shape index (κ3) is 3.26. The summed E-state index contributed by atoms with van der Waals surface area (Å²) in [7, 11) is -4.53. The SMILES string of the molecule is CS(=O)(=O)c1cc(C(F)(C(F)(F)F)C(F)(F)F)ccc1C(=O)O. The Labute approximate surface area is 124 Å². The topological polar surface area (TPSA) is 71.4 Å². The molecule has 1 N–H and O–H groups in total. The van der Waals surface area contributed by atoms with Crippen molar-refractivity contribution in [3.8, 4) is 0 Å². The highest BCUT2D eigenvalue weighted by atomic mass is 32.2. The number of alkyl halides is 7. The third-order valence-electron chi connectivity index (χ3n) is 2.79. The fourth-order valence-corrected chi connectivity index (χ4v) is 2.60. The first-order valence-electron chi connectivity index (χ1n) is 5.43. The van der Waals surface area contributed by atoms with E-state index in [-0.39, 0.29) is 18.2 Å². The van der Waals surface area contributed by atoms with Crippen molar-refractivity contribution in [1.82, 2.24) is 0 Å². The van der Waals surface area contributed by atoms with Gasteiger partial charge in [0, 0.05) is 11.8 Å². The molecule has 0 saturated heterocycles. The van der Waals surface area contributed by atoms with Gasteiger partial charge in [-0.2, -0.15) is 26.3 Å². The van der Waals surface area contributed by atoms with Crippen LogP contribution in [0.1, 0.15) is 15.9 Å². The molecule has 0 heterocycles. The summed E-state index contributed by atoms with van der Waals surface area (Å²) in [4.78, 5) is 9.46. The number of halogens is 7. The highest BCUT2D eigenvalue weighted by Crippen LogP contribution is 2.53. The van der Waals surface area contributed by atoms with Crippen molar-refractivity contribution in [2.24, 2.45) is 0 Å². The van der Waals surface area contributed by atoms with Gasteiger partial charge < -0.3 is 5.11 Å². The van der Waals surface area contributed by atoms with E-state index in [1.807, 2.05) is 0 Å². The van der Waals surface area contributed by atoms with E-state index >= 15 is 0 Å². The number of carboxylic acid groups (broad SMARTS) is 1. The second kappa shape index (κ2) is 5.35. The molecule has 1 aromatic carbocycles. The molecular formula is C11H7F7O4S. The molecule has 1 rings (SSSR count). The lowest BCUT2D eigenvalue weighted by molar-refractivity contribution is -0.348. The second-order valence-electron chi connectivity index (χ2n) is 4.44. The molecule has 0 aliphatic rings. The summed E-state index contributed by atoms with van der Waals surface area (Å²) in [5.74, 6) is -1.92. The minimum absolute atomic E-state index is 0.0703. The van der Waals surface area contributed by atoms with Gasteiger partial charge in [-0.25, -0.2) is 17.6 Å². The smallest absolute Gasteiger partial charge is 0.435 e. The fraction of sp³-hybridized carbons (Fsp3) is 0.364. The van der Waals surface area contributed by atoms with Gasteiger partial charge in [-0.15, -0.1) is 0 Å². The maximum atomic E-state index is 13.8.